The van der Waals surface area contributed by atoms with Crippen LogP contribution in [0.25, 0.3) is 0 Å². The van der Waals surface area contributed by atoms with Crippen molar-refractivity contribution in [2.75, 3.05) is 6.54 Å². The molecule has 0 unspecified atom stereocenters. The first-order chi connectivity index (χ1) is 9.08. The molecule has 1 aromatic rings. The summed E-state index contributed by atoms with van der Waals surface area (Å²) in [6, 6.07) is 3.90. The molecule has 104 valence electrons. The van der Waals surface area contributed by atoms with Gasteiger partial charge in [0, 0.05) is 23.9 Å². The summed E-state index contributed by atoms with van der Waals surface area (Å²) in [6.45, 7) is 2.74. The van der Waals surface area contributed by atoms with Crippen LogP contribution in [0.2, 0.25) is 0 Å². The predicted molar refractivity (Wildman–Crippen MR) is 74.6 cm³/mol. The lowest BCUT2D eigenvalue weighted by Gasteiger charge is -2.35. The number of hydrogen-bond acceptors (Lipinski definition) is 3. The Morgan fingerprint density at radius 1 is 1.42 bits per heavy atom. The van der Waals surface area contributed by atoms with Gasteiger partial charge in [-0.25, -0.2) is 0 Å². The van der Waals surface area contributed by atoms with Crippen molar-refractivity contribution in [2.24, 2.45) is 0 Å². The highest BCUT2D eigenvalue weighted by molar-refractivity contribution is 7.13. The highest BCUT2D eigenvalue weighted by Crippen LogP contribution is 2.25. The fraction of sp³-hybridized carbons (Fsp3) is 0.571. The highest BCUT2D eigenvalue weighted by atomic mass is 32.1. The summed E-state index contributed by atoms with van der Waals surface area (Å²) >= 11 is 1.51. The number of carboxylic acids is 1. The first-order valence-corrected chi connectivity index (χ1v) is 7.49. The van der Waals surface area contributed by atoms with Gasteiger partial charge < -0.3 is 10.0 Å². The van der Waals surface area contributed by atoms with E-state index in [-0.39, 0.29) is 18.4 Å². The number of carbonyl (C=O) groups excluding carboxylic acids is 1. The Morgan fingerprint density at radius 3 is 2.84 bits per heavy atom. The molecule has 0 aromatic carbocycles. The van der Waals surface area contributed by atoms with Crippen molar-refractivity contribution in [1.29, 1.82) is 0 Å². The van der Waals surface area contributed by atoms with Crippen molar-refractivity contribution >= 4 is 23.2 Å². The molecule has 1 fully saturated rings. The third kappa shape index (κ3) is 3.56. The molecule has 0 bridgehead atoms. The first-order valence-electron chi connectivity index (χ1n) is 6.67. The van der Waals surface area contributed by atoms with E-state index in [0.29, 0.717) is 6.42 Å². The molecule has 1 aliphatic rings. The minimum atomic E-state index is -0.787. The van der Waals surface area contributed by atoms with Crippen LogP contribution in [0, 0.1) is 6.92 Å². The lowest BCUT2D eigenvalue weighted by atomic mass is 9.97. The van der Waals surface area contributed by atoms with E-state index >= 15 is 0 Å². The number of carbonyl (C=O) groups is 2. The third-order valence-corrected chi connectivity index (χ3v) is 4.52. The summed E-state index contributed by atoms with van der Waals surface area (Å²) in [5.74, 6) is -0.724. The molecule has 1 atom stereocenters. The number of hydrogen-bond donors (Lipinski definition) is 1. The predicted octanol–water partition coefficient (Wildman–Crippen LogP) is 2.92. The van der Waals surface area contributed by atoms with Gasteiger partial charge in [0.15, 0.2) is 0 Å². The number of aliphatic carboxylic acids is 1. The zero-order chi connectivity index (χ0) is 13.8. The van der Waals surface area contributed by atoms with Crippen LogP contribution in [0.1, 0.15) is 46.7 Å². The molecule has 1 amide bonds. The maximum atomic E-state index is 12.5. The van der Waals surface area contributed by atoms with Gasteiger partial charge in [-0.2, -0.15) is 0 Å². The molecule has 5 heteroatoms. The van der Waals surface area contributed by atoms with Crippen LogP contribution in [-0.2, 0) is 4.79 Å². The van der Waals surface area contributed by atoms with Crippen LogP contribution < -0.4 is 0 Å². The largest absolute Gasteiger partial charge is 0.481 e. The number of amides is 1. The number of rotatable bonds is 4. The van der Waals surface area contributed by atoms with Gasteiger partial charge in [-0.3, -0.25) is 9.59 Å². The number of nitrogens with zero attached hydrogens (tertiary/aromatic N) is 1. The Bertz CT molecular complexity index is 469. The molecule has 2 heterocycles. The molecule has 2 rings (SSSR count). The second-order valence-corrected chi connectivity index (χ2v) is 6.28. The maximum Gasteiger partial charge on any atom is 0.303 e. The van der Waals surface area contributed by atoms with Crippen molar-refractivity contribution in [1.82, 2.24) is 4.90 Å². The smallest absolute Gasteiger partial charge is 0.303 e. The summed E-state index contributed by atoms with van der Waals surface area (Å²) < 4.78 is 0. The van der Waals surface area contributed by atoms with Crippen LogP contribution in [0.5, 0.6) is 0 Å². The second-order valence-electron chi connectivity index (χ2n) is 4.99. The van der Waals surface area contributed by atoms with Crippen molar-refractivity contribution in [3.63, 3.8) is 0 Å². The average Bonchev–Trinajstić information content (AvgIpc) is 2.82. The number of carboxylic acid groups (broad SMARTS) is 1. The van der Waals surface area contributed by atoms with Gasteiger partial charge >= 0.3 is 5.97 Å². The SMILES string of the molecule is Cc1ccc(C(=O)N2CCCC[C@H]2CCC(=O)O)s1. The number of piperidine rings is 1. The Labute approximate surface area is 117 Å². The minimum absolute atomic E-state index is 0.0631. The quantitative estimate of drug-likeness (QED) is 0.923. The van der Waals surface area contributed by atoms with Gasteiger partial charge in [-0.1, -0.05) is 0 Å². The zero-order valence-electron chi connectivity index (χ0n) is 11.1. The second kappa shape index (κ2) is 6.19. The van der Waals surface area contributed by atoms with Gasteiger partial charge in [0.25, 0.3) is 5.91 Å². The molecule has 19 heavy (non-hydrogen) atoms. The maximum absolute atomic E-state index is 12.5. The van der Waals surface area contributed by atoms with E-state index in [1.807, 2.05) is 24.0 Å². The van der Waals surface area contributed by atoms with Crippen LogP contribution in [0.15, 0.2) is 12.1 Å². The summed E-state index contributed by atoms with van der Waals surface area (Å²) in [6.07, 6.45) is 3.71. The highest BCUT2D eigenvalue weighted by Gasteiger charge is 2.28. The monoisotopic (exact) mass is 281 g/mol. The molecule has 1 aromatic heterocycles. The summed E-state index contributed by atoms with van der Waals surface area (Å²) in [4.78, 5) is 26.9. The number of aryl methyl sites for hydroxylation is 1. The molecule has 0 radical (unpaired) electrons. The standard InChI is InChI=1S/C14H19NO3S/c1-10-5-7-12(19-10)14(18)15-9-3-2-4-11(15)6-8-13(16)17/h5,7,11H,2-4,6,8-9H2,1H3,(H,16,17)/t11-/m0/s1. The van der Waals surface area contributed by atoms with Crippen LogP contribution >= 0.6 is 11.3 Å². The molecular weight excluding hydrogens is 262 g/mol. The summed E-state index contributed by atoms with van der Waals surface area (Å²) in [7, 11) is 0. The van der Waals surface area contributed by atoms with Crippen molar-refractivity contribution < 1.29 is 14.7 Å². The Hall–Kier alpha value is -1.36. The molecule has 0 aliphatic carbocycles. The molecule has 4 nitrogen and oxygen atoms in total. The van der Waals surface area contributed by atoms with E-state index in [9.17, 15) is 9.59 Å². The van der Waals surface area contributed by atoms with Gasteiger partial charge in [0.1, 0.15) is 0 Å². The molecular formula is C14H19NO3S. The van der Waals surface area contributed by atoms with E-state index in [2.05, 4.69) is 0 Å². The fourth-order valence-corrected chi connectivity index (χ4v) is 3.37. The first kappa shape index (κ1) is 14.1. The van der Waals surface area contributed by atoms with Crippen LogP contribution in [-0.4, -0.2) is 34.5 Å². The van der Waals surface area contributed by atoms with E-state index < -0.39 is 5.97 Å². The molecule has 1 N–H and O–H groups in total. The van der Waals surface area contributed by atoms with E-state index in [1.54, 1.807) is 0 Å². The van der Waals surface area contributed by atoms with Crippen molar-refractivity contribution in [3.8, 4) is 0 Å². The number of likely N-dealkylation sites (tertiary alicyclic amines) is 1. The summed E-state index contributed by atoms with van der Waals surface area (Å²) in [5, 5.41) is 8.79. The van der Waals surface area contributed by atoms with Gasteiger partial charge in [0.2, 0.25) is 0 Å². The fourth-order valence-electron chi connectivity index (χ4n) is 2.55. The lowest BCUT2D eigenvalue weighted by molar-refractivity contribution is -0.137. The van der Waals surface area contributed by atoms with Gasteiger partial charge in [0.05, 0.1) is 4.88 Å². The zero-order valence-corrected chi connectivity index (χ0v) is 11.9. The van der Waals surface area contributed by atoms with Gasteiger partial charge in [-0.15, -0.1) is 11.3 Å². The molecule has 0 saturated carbocycles. The normalized spacial score (nSPS) is 19.4. The van der Waals surface area contributed by atoms with Crippen molar-refractivity contribution in [3.05, 3.63) is 21.9 Å². The van der Waals surface area contributed by atoms with E-state index in [4.69, 9.17) is 5.11 Å². The minimum Gasteiger partial charge on any atom is -0.481 e. The Morgan fingerprint density at radius 2 is 2.21 bits per heavy atom. The Balaban J connectivity index is 2.06. The average molecular weight is 281 g/mol. The third-order valence-electron chi connectivity index (χ3n) is 3.53. The van der Waals surface area contributed by atoms with Gasteiger partial charge in [-0.05, 0) is 44.7 Å². The van der Waals surface area contributed by atoms with Crippen LogP contribution in [0.4, 0.5) is 0 Å². The van der Waals surface area contributed by atoms with E-state index in [1.165, 1.54) is 11.3 Å². The van der Waals surface area contributed by atoms with Crippen LogP contribution in [0.3, 0.4) is 0 Å². The Kier molecular flexibility index (Phi) is 4.58. The summed E-state index contributed by atoms with van der Waals surface area (Å²) in [5.41, 5.74) is 0. The number of thiophene rings is 1. The lowest BCUT2D eigenvalue weighted by Crippen LogP contribution is -2.43. The van der Waals surface area contributed by atoms with Crippen molar-refractivity contribution in [2.45, 2.75) is 45.1 Å². The molecule has 1 saturated heterocycles. The molecule has 1 aliphatic heterocycles. The molecule has 0 spiro atoms. The van der Waals surface area contributed by atoms with E-state index in [0.717, 1.165) is 35.6 Å². The topological polar surface area (TPSA) is 57.6 Å².